The van der Waals surface area contributed by atoms with Gasteiger partial charge in [0, 0.05) is 17.4 Å². The van der Waals surface area contributed by atoms with Gasteiger partial charge < -0.3 is 10.3 Å². The van der Waals surface area contributed by atoms with Gasteiger partial charge in [0.1, 0.15) is 0 Å². The van der Waals surface area contributed by atoms with Crippen molar-refractivity contribution in [3.63, 3.8) is 0 Å². The summed E-state index contributed by atoms with van der Waals surface area (Å²) in [6.07, 6.45) is -2.58. The fourth-order valence-electron chi connectivity index (χ4n) is 2.17. The molecule has 0 fully saturated rings. The summed E-state index contributed by atoms with van der Waals surface area (Å²) in [5.41, 5.74) is 0.0879. The van der Waals surface area contributed by atoms with E-state index in [9.17, 15) is 23.2 Å². The normalized spacial score (nSPS) is 11.2. The van der Waals surface area contributed by atoms with Gasteiger partial charge >= 0.3 is 5.69 Å². The summed E-state index contributed by atoms with van der Waals surface area (Å²) in [7, 11) is 0. The third kappa shape index (κ3) is 4.76. The quantitative estimate of drug-likeness (QED) is 0.552. The van der Waals surface area contributed by atoms with Gasteiger partial charge in [-0.2, -0.15) is 0 Å². The van der Waals surface area contributed by atoms with Crippen LogP contribution in [0, 0.1) is 0 Å². The van der Waals surface area contributed by atoms with Gasteiger partial charge in [0.15, 0.2) is 4.34 Å². The number of benzene rings is 1. The van der Waals surface area contributed by atoms with Crippen LogP contribution in [0.4, 0.5) is 14.5 Å². The van der Waals surface area contributed by atoms with Crippen molar-refractivity contribution >= 4 is 44.9 Å². The minimum atomic E-state index is -2.40. The minimum Gasteiger partial charge on any atom is -0.326 e. The van der Waals surface area contributed by atoms with Crippen molar-refractivity contribution < 1.29 is 13.6 Å². The lowest BCUT2D eigenvalue weighted by atomic mass is 10.2. The summed E-state index contributed by atoms with van der Waals surface area (Å²) in [6, 6.07) is 6.16. The highest BCUT2D eigenvalue weighted by molar-refractivity contribution is 8.01. The molecule has 1 aromatic carbocycles. The molecule has 3 rings (SSSR count). The molecule has 0 unspecified atom stereocenters. The lowest BCUT2D eigenvalue weighted by Crippen LogP contribution is -2.25. The number of aromatic nitrogens is 3. The molecule has 0 spiro atoms. The predicted octanol–water partition coefficient (Wildman–Crippen LogP) is 2.21. The number of carbonyl (C=O) groups excluding carboxylic acids is 1. The van der Waals surface area contributed by atoms with E-state index in [-0.39, 0.29) is 17.9 Å². The summed E-state index contributed by atoms with van der Waals surface area (Å²) in [6.45, 7) is 0. The van der Waals surface area contributed by atoms with Crippen LogP contribution in [0.1, 0.15) is 5.69 Å². The Morgan fingerprint density at radius 2 is 2.08 bits per heavy atom. The molecule has 1 amide bonds. The number of nitrogens with one attached hydrogen (secondary N) is 3. The van der Waals surface area contributed by atoms with Gasteiger partial charge in [-0.3, -0.25) is 14.6 Å². The molecule has 136 valence electrons. The number of aromatic amines is 2. The van der Waals surface area contributed by atoms with Gasteiger partial charge in [-0.25, -0.2) is 18.6 Å². The lowest BCUT2D eigenvalue weighted by Gasteiger charge is -2.05. The van der Waals surface area contributed by atoms with Crippen LogP contribution < -0.4 is 16.6 Å². The van der Waals surface area contributed by atoms with Crippen LogP contribution in [0.2, 0.25) is 0 Å². The Morgan fingerprint density at radius 1 is 1.27 bits per heavy atom. The molecular formula is C15H12F2N4O3S2. The zero-order valence-corrected chi connectivity index (χ0v) is 14.7. The summed E-state index contributed by atoms with van der Waals surface area (Å²) in [4.78, 5) is 43.2. The number of anilines is 1. The molecule has 2 aromatic heterocycles. The van der Waals surface area contributed by atoms with Crippen molar-refractivity contribution in [2.24, 2.45) is 0 Å². The molecule has 2 heterocycles. The van der Waals surface area contributed by atoms with Crippen LogP contribution in [0.15, 0.2) is 38.2 Å². The van der Waals surface area contributed by atoms with Crippen molar-refractivity contribution in [2.75, 3.05) is 11.1 Å². The average molecular weight is 398 g/mol. The van der Waals surface area contributed by atoms with E-state index >= 15 is 0 Å². The Bertz CT molecular complexity index is 1030. The second-order valence-corrected chi connectivity index (χ2v) is 7.50. The Labute approximate surface area is 152 Å². The van der Waals surface area contributed by atoms with Crippen molar-refractivity contribution in [3.8, 4) is 0 Å². The molecule has 0 aliphatic carbocycles. The number of thiazole rings is 1. The molecule has 3 aromatic rings. The highest BCUT2D eigenvalue weighted by atomic mass is 32.2. The number of hydrogen-bond donors (Lipinski definition) is 3. The monoisotopic (exact) mass is 398 g/mol. The Balaban J connectivity index is 1.70. The van der Waals surface area contributed by atoms with E-state index in [2.05, 4.69) is 15.3 Å². The first-order chi connectivity index (χ1) is 12.4. The van der Waals surface area contributed by atoms with Crippen molar-refractivity contribution in [2.45, 2.75) is 17.2 Å². The van der Waals surface area contributed by atoms with E-state index < -0.39 is 23.6 Å². The molecule has 0 bridgehead atoms. The molecule has 3 N–H and O–H groups in total. The van der Waals surface area contributed by atoms with E-state index in [4.69, 9.17) is 0 Å². The van der Waals surface area contributed by atoms with Gasteiger partial charge in [0.2, 0.25) is 12.3 Å². The number of rotatable bonds is 6. The molecular weight excluding hydrogens is 386 g/mol. The van der Waals surface area contributed by atoms with Gasteiger partial charge in [-0.1, -0.05) is 11.8 Å². The van der Waals surface area contributed by atoms with E-state index in [0.717, 1.165) is 22.5 Å². The zero-order chi connectivity index (χ0) is 18.7. The topological polar surface area (TPSA) is 108 Å². The fraction of sp³-hybridized carbons (Fsp3) is 0.200. The van der Waals surface area contributed by atoms with E-state index in [1.165, 1.54) is 11.3 Å². The Morgan fingerprint density at radius 3 is 2.81 bits per heavy atom. The van der Waals surface area contributed by atoms with Crippen LogP contribution in [0.3, 0.4) is 0 Å². The number of amides is 1. The summed E-state index contributed by atoms with van der Waals surface area (Å²) in [5.74, 6) is -0.736. The maximum Gasteiger partial charge on any atom is 0.325 e. The molecule has 11 heteroatoms. The second-order valence-electron chi connectivity index (χ2n) is 5.20. The van der Waals surface area contributed by atoms with Crippen LogP contribution in [-0.2, 0) is 11.2 Å². The molecule has 26 heavy (non-hydrogen) atoms. The minimum absolute atomic E-state index is 0.171. The molecule has 0 saturated heterocycles. The van der Waals surface area contributed by atoms with Gasteiger partial charge in [-0.05, 0) is 18.2 Å². The van der Waals surface area contributed by atoms with Gasteiger partial charge in [-0.15, -0.1) is 11.3 Å². The third-order valence-corrected chi connectivity index (χ3v) is 5.33. The predicted molar refractivity (Wildman–Crippen MR) is 96.4 cm³/mol. The van der Waals surface area contributed by atoms with Crippen LogP contribution in [-0.4, -0.2) is 33.0 Å². The fourth-order valence-corrected chi connectivity index (χ4v) is 4.05. The number of thioether (sulfide) groups is 1. The largest absolute Gasteiger partial charge is 0.326 e. The first kappa shape index (κ1) is 18.3. The Kier molecular flexibility index (Phi) is 5.47. The number of hydrogen-bond acceptors (Lipinski definition) is 6. The number of nitrogens with zero attached hydrogens (tertiary/aromatic N) is 1. The standard InChI is InChI=1S/C15H12F2N4O3S2/c16-11(17)6-25-15-20-9-2-1-7(3-10(9)26-15)18-12(22)4-8-5-13(23)21-14(24)19-8/h1-3,5,11H,4,6H2,(H,18,22)(H2,19,21,23,24). The third-order valence-electron chi connectivity index (χ3n) is 3.15. The molecule has 0 saturated carbocycles. The molecule has 0 radical (unpaired) electrons. The van der Waals surface area contributed by atoms with Crippen LogP contribution >= 0.6 is 23.1 Å². The number of carbonyl (C=O) groups is 1. The summed E-state index contributed by atoms with van der Waals surface area (Å²) in [5, 5.41) is 2.66. The van der Waals surface area contributed by atoms with Gasteiger partial charge in [0.05, 0.1) is 22.4 Å². The van der Waals surface area contributed by atoms with Gasteiger partial charge in [0.25, 0.3) is 5.56 Å². The van der Waals surface area contributed by atoms with Crippen molar-refractivity contribution in [3.05, 3.63) is 50.8 Å². The van der Waals surface area contributed by atoms with E-state index in [1.54, 1.807) is 18.2 Å². The maximum atomic E-state index is 12.3. The average Bonchev–Trinajstić information content (AvgIpc) is 2.94. The lowest BCUT2D eigenvalue weighted by molar-refractivity contribution is -0.115. The molecule has 0 atom stereocenters. The Hall–Kier alpha value is -2.53. The highest BCUT2D eigenvalue weighted by Gasteiger charge is 2.11. The molecule has 0 aliphatic heterocycles. The number of fused-ring (bicyclic) bond motifs is 1. The SMILES string of the molecule is O=C(Cc1cc(=O)[nH]c(=O)[nH]1)Nc1ccc2nc(SCC(F)F)sc2c1. The van der Waals surface area contributed by atoms with Crippen molar-refractivity contribution in [1.29, 1.82) is 0 Å². The number of halogens is 2. The molecule has 0 aliphatic rings. The smallest absolute Gasteiger partial charge is 0.325 e. The van der Waals surface area contributed by atoms with Crippen LogP contribution in [0.25, 0.3) is 10.2 Å². The first-order valence-corrected chi connectivity index (χ1v) is 9.13. The van der Waals surface area contributed by atoms with Crippen LogP contribution in [0.5, 0.6) is 0 Å². The van der Waals surface area contributed by atoms with E-state index in [1.807, 2.05) is 4.98 Å². The number of H-pyrrole nitrogens is 2. The zero-order valence-electron chi connectivity index (χ0n) is 13.0. The van der Waals surface area contributed by atoms with Crippen molar-refractivity contribution in [1.82, 2.24) is 15.0 Å². The summed E-state index contributed by atoms with van der Waals surface area (Å²) < 4.78 is 25.8. The first-order valence-electron chi connectivity index (χ1n) is 7.33. The second kappa shape index (κ2) is 7.79. The maximum absolute atomic E-state index is 12.3. The molecule has 7 nitrogen and oxygen atoms in total. The summed E-state index contributed by atoms with van der Waals surface area (Å²) >= 11 is 2.24. The highest BCUT2D eigenvalue weighted by Crippen LogP contribution is 2.31. The van der Waals surface area contributed by atoms with E-state index in [0.29, 0.717) is 15.5 Å². The number of alkyl halides is 2.